The van der Waals surface area contributed by atoms with Crippen LogP contribution in [-0.4, -0.2) is 0 Å². The minimum absolute atomic E-state index is 0.553. The minimum atomic E-state index is 0.553. The van der Waals surface area contributed by atoms with Crippen LogP contribution in [0.25, 0.3) is 0 Å². The molecule has 160 valence electrons. The summed E-state index contributed by atoms with van der Waals surface area (Å²) in [5, 5.41) is 0. The number of hydrogen-bond acceptors (Lipinski definition) is 0. The summed E-state index contributed by atoms with van der Waals surface area (Å²) in [7, 11) is 0. The second kappa shape index (κ2) is 7.77. The van der Waals surface area contributed by atoms with Crippen molar-refractivity contribution in [2.24, 2.45) is 52.3 Å². The molecule has 0 aromatic rings. The van der Waals surface area contributed by atoms with E-state index in [0.717, 1.165) is 41.4 Å². The number of hydrogen-bond donors (Lipinski definition) is 0. The van der Waals surface area contributed by atoms with E-state index < -0.39 is 0 Å². The first-order valence-corrected chi connectivity index (χ1v) is 12.9. The zero-order valence-electron chi connectivity index (χ0n) is 19.9. The van der Waals surface area contributed by atoms with Gasteiger partial charge in [0, 0.05) is 0 Å². The molecule has 0 amide bonds. The monoisotopic (exact) mass is 384 g/mol. The molecule has 28 heavy (non-hydrogen) atoms. The summed E-state index contributed by atoms with van der Waals surface area (Å²) in [5.41, 5.74) is 3.06. The number of allylic oxidation sites excluding steroid dienone is 2. The lowest BCUT2D eigenvalue weighted by Gasteiger charge is -2.58. The van der Waals surface area contributed by atoms with Crippen molar-refractivity contribution in [3.05, 3.63) is 11.6 Å². The molecule has 8 atom stereocenters. The van der Waals surface area contributed by atoms with Crippen molar-refractivity contribution in [1.29, 1.82) is 0 Å². The highest BCUT2D eigenvalue weighted by Gasteiger charge is 2.58. The van der Waals surface area contributed by atoms with Crippen molar-refractivity contribution in [3.8, 4) is 0 Å². The maximum atomic E-state index is 2.75. The molecule has 0 bridgehead atoms. The highest BCUT2D eigenvalue weighted by atomic mass is 14.6. The van der Waals surface area contributed by atoms with Crippen LogP contribution in [0.2, 0.25) is 0 Å². The predicted octanol–water partition coefficient (Wildman–Crippen LogP) is 8.66. The largest absolute Gasteiger partial charge is 0.0845 e. The highest BCUT2D eigenvalue weighted by Crippen LogP contribution is 2.67. The summed E-state index contributed by atoms with van der Waals surface area (Å²) in [5.74, 6) is 6.73. The maximum Gasteiger partial charge on any atom is -0.00851 e. The van der Waals surface area contributed by atoms with Crippen LogP contribution in [0.5, 0.6) is 0 Å². The normalized spacial score (nSPS) is 46.5. The van der Waals surface area contributed by atoms with Gasteiger partial charge < -0.3 is 0 Å². The second-order valence-corrected chi connectivity index (χ2v) is 12.6. The van der Waals surface area contributed by atoms with Gasteiger partial charge in [-0.05, 0) is 104 Å². The van der Waals surface area contributed by atoms with Gasteiger partial charge in [-0.25, -0.2) is 0 Å². The average molecular weight is 385 g/mol. The maximum absolute atomic E-state index is 2.75. The minimum Gasteiger partial charge on any atom is -0.0845 e. The molecule has 0 nitrogen and oxygen atoms in total. The van der Waals surface area contributed by atoms with Crippen molar-refractivity contribution >= 4 is 0 Å². The molecular weight excluding hydrogens is 336 g/mol. The molecule has 0 aliphatic heterocycles. The molecule has 0 heterocycles. The van der Waals surface area contributed by atoms with E-state index >= 15 is 0 Å². The van der Waals surface area contributed by atoms with E-state index in [0.29, 0.717) is 10.8 Å². The summed E-state index contributed by atoms with van der Waals surface area (Å²) in [6.07, 6.45) is 19.0. The van der Waals surface area contributed by atoms with E-state index in [1.54, 1.807) is 0 Å². The Labute approximate surface area is 176 Å². The molecular formula is C28H48. The third-order valence-electron chi connectivity index (χ3n) is 10.6. The van der Waals surface area contributed by atoms with E-state index in [9.17, 15) is 0 Å². The van der Waals surface area contributed by atoms with E-state index in [2.05, 4.69) is 47.6 Å². The van der Waals surface area contributed by atoms with Crippen molar-refractivity contribution < 1.29 is 0 Å². The van der Waals surface area contributed by atoms with Gasteiger partial charge in [-0.1, -0.05) is 72.5 Å². The Morgan fingerprint density at radius 2 is 1.75 bits per heavy atom. The van der Waals surface area contributed by atoms with Crippen molar-refractivity contribution in [2.45, 2.75) is 112 Å². The Morgan fingerprint density at radius 1 is 0.964 bits per heavy atom. The van der Waals surface area contributed by atoms with Crippen LogP contribution in [0, 0.1) is 52.3 Å². The zero-order valence-corrected chi connectivity index (χ0v) is 19.9. The third kappa shape index (κ3) is 3.43. The fourth-order valence-electron chi connectivity index (χ4n) is 8.87. The van der Waals surface area contributed by atoms with Gasteiger partial charge in [0.05, 0.1) is 0 Å². The number of rotatable bonds is 5. The van der Waals surface area contributed by atoms with E-state index in [4.69, 9.17) is 0 Å². The second-order valence-electron chi connectivity index (χ2n) is 12.6. The first kappa shape index (κ1) is 21.0. The van der Waals surface area contributed by atoms with E-state index in [1.165, 1.54) is 70.6 Å². The van der Waals surface area contributed by atoms with Crippen LogP contribution in [0.1, 0.15) is 112 Å². The van der Waals surface area contributed by atoms with Crippen LogP contribution < -0.4 is 0 Å². The summed E-state index contributed by atoms with van der Waals surface area (Å²) in [6.45, 7) is 15.3. The van der Waals surface area contributed by atoms with Gasteiger partial charge in [-0.2, -0.15) is 0 Å². The molecule has 0 heteroatoms. The smallest absolute Gasteiger partial charge is 0.00851 e. The molecule has 3 saturated carbocycles. The summed E-state index contributed by atoms with van der Waals surface area (Å²) < 4.78 is 0. The molecule has 3 fully saturated rings. The number of fused-ring (bicyclic) bond motifs is 5. The van der Waals surface area contributed by atoms with Crippen LogP contribution >= 0.6 is 0 Å². The van der Waals surface area contributed by atoms with Crippen molar-refractivity contribution in [3.63, 3.8) is 0 Å². The molecule has 4 aliphatic carbocycles. The Bertz CT molecular complexity index is 585. The van der Waals surface area contributed by atoms with Gasteiger partial charge in [-0.15, -0.1) is 0 Å². The fraction of sp³-hybridized carbons (Fsp3) is 0.929. The van der Waals surface area contributed by atoms with Gasteiger partial charge in [-0.3, -0.25) is 0 Å². The lowest BCUT2D eigenvalue weighted by atomic mass is 9.46. The summed E-state index contributed by atoms with van der Waals surface area (Å²) in [4.78, 5) is 0. The molecule has 4 aliphatic rings. The van der Waals surface area contributed by atoms with Gasteiger partial charge in [0.25, 0.3) is 0 Å². The molecule has 0 spiro atoms. The Balaban J connectivity index is 1.49. The van der Waals surface area contributed by atoms with Crippen molar-refractivity contribution in [2.75, 3.05) is 0 Å². The van der Waals surface area contributed by atoms with Gasteiger partial charge in [0.15, 0.2) is 0 Å². The first-order chi connectivity index (χ1) is 13.3. The zero-order chi connectivity index (χ0) is 20.1. The molecule has 4 rings (SSSR count). The quantitative estimate of drug-likeness (QED) is 0.416. The first-order valence-electron chi connectivity index (χ1n) is 12.9. The lowest BCUT2D eigenvalue weighted by Crippen LogP contribution is -2.50. The average Bonchev–Trinajstić information content (AvgIpc) is 2.99. The molecule has 0 radical (unpaired) electrons. The fourth-order valence-corrected chi connectivity index (χ4v) is 8.87. The molecule has 0 aromatic carbocycles. The molecule has 0 saturated heterocycles. The molecule has 6 unspecified atom stereocenters. The van der Waals surface area contributed by atoms with Crippen LogP contribution in [0.3, 0.4) is 0 Å². The van der Waals surface area contributed by atoms with Crippen molar-refractivity contribution in [1.82, 2.24) is 0 Å². The van der Waals surface area contributed by atoms with Crippen LogP contribution in [-0.2, 0) is 0 Å². The molecule has 0 N–H and O–H groups in total. The standard InChI is InChI=1S/C28H48/c1-19(2)8-7-9-21(4)24-12-13-25-23-11-10-22-18-20(3)14-16-27(22,5)26(23)15-17-28(24,25)6/h10,19-21,23-26H,7-9,11-18H2,1-6H3/t20?,21?,23?,24-,25?,26?,27+,28?/m1/s1. The van der Waals surface area contributed by atoms with Gasteiger partial charge >= 0.3 is 0 Å². The van der Waals surface area contributed by atoms with Gasteiger partial charge in [0.1, 0.15) is 0 Å². The predicted molar refractivity (Wildman–Crippen MR) is 122 cm³/mol. The Morgan fingerprint density at radius 3 is 2.50 bits per heavy atom. The highest BCUT2D eigenvalue weighted by molar-refractivity contribution is 5.25. The Kier molecular flexibility index (Phi) is 5.83. The van der Waals surface area contributed by atoms with Crippen LogP contribution in [0.15, 0.2) is 11.6 Å². The summed E-state index contributed by atoms with van der Waals surface area (Å²) >= 11 is 0. The lowest BCUT2D eigenvalue weighted by molar-refractivity contribution is -0.0523. The van der Waals surface area contributed by atoms with Crippen LogP contribution in [0.4, 0.5) is 0 Å². The van der Waals surface area contributed by atoms with Gasteiger partial charge in [0.2, 0.25) is 0 Å². The summed E-state index contributed by atoms with van der Waals surface area (Å²) in [6, 6.07) is 0. The van der Waals surface area contributed by atoms with E-state index in [-0.39, 0.29) is 0 Å². The SMILES string of the molecule is CC(C)CCCC(C)[C@H]1CCC2C3CC=C4CC(C)CC[C@]4(C)C3CCC21C. The molecule has 0 aromatic heterocycles. The van der Waals surface area contributed by atoms with E-state index in [1.807, 2.05) is 5.57 Å². The Hall–Kier alpha value is -0.260. The topological polar surface area (TPSA) is 0 Å². The third-order valence-corrected chi connectivity index (χ3v) is 10.6.